The van der Waals surface area contributed by atoms with Crippen molar-refractivity contribution in [3.63, 3.8) is 0 Å². The standard InChI is InChI=1S/C13H14N2O2/c1-15-7-6-14-13(15)12(16)9-10-4-3-5-11(8-10)17-2/h3-8H,9H2,1-2H3. The molecule has 0 fully saturated rings. The minimum Gasteiger partial charge on any atom is -0.497 e. The second kappa shape index (κ2) is 4.82. The lowest BCUT2D eigenvalue weighted by molar-refractivity contribution is 0.0980. The molecular weight excluding hydrogens is 216 g/mol. The summed E-state index contributed by atoms with van der Waals surface area (Å²) in [5.74, 6) is 1.24. The summed E-state index contributed by atoms with van der Waals surface area (Å²) >= 11 is 0. The normalized spacial score (nSPS) is 10.2. The van der Waals surface area contributed by atoms with Gasteiger partial charge in [-0.25, -0.2) is 4.98 Å². The third-order valence-electron chi connectivity index (χ3n) is 2.57. The average Bonchev–Trinajstić information content (AvgIpc) is 2.76. The molecule has 1 aromatic heterocycles. The van der Waals surface area contributed by atoms with E-state index >= 15 is 0 Å². The van der Waals surface area contributed by atoms with Crippen molar-refractivity contribution in [3.05, 3.63) is 48.0 Å². The molecule has 0 saturated carbocycles. The number of hydrogen-bond acceptors (Lipinski definition) is 3. The molecule has 0 bridgehead atoms. The second-order valence-electron chi connectivity index (χ2n) is 3.81. The Kier molecular flexibility index (Phi) is 3.23. The van der Waals surface area contributed by atoms with Crippen molar-refractivity contribution in [2.24, 2.45) is 7.05 Å². The molecule has 0 radical (unpaired) electrons. The topological polar surface area (TPSA) is 44.1 Å². The van der Waals surface area contributed by atoms with E-state index in [2.05, 4.69) is 4.98 Å². The molecule has 1 aromatic carbocycles. The van der Waals surface area contributed by atoms with Crippen LogP contribution in [-0.2, 0) is 13.5 Å². The first-order valence-corrected chi connectivity index (χ1v) is 5.34. The molecule has 0 unspecified atom stereocenters. The van der Waals surface area contributed by atoms with Gasteiger partial charge < -0.3 is 9.30 Å². The molecule has 0 aliphatic carbocycles. The zero-order valence-corrected chi connectivity index (χ0v) is 9.88. The van der Waals surface area contributed by atoms with E-state index in [1.165, 1.54) is 0 Å². The predicted molar refractivity (Wildman–Crippen MR) is 64.2 cm³/mol. The largest absolute Gasteiger partial charge is 0.497 e. The quantitative estimate of drug-likeness (QED) is 0.753. The second-order valence-corrected chi connectivity index (χ2v) is 3.81. The minimum absolute atomic E-state index is 0.00533. The Morgan fingerprint density at radius 1 is 1.47 bits per heavy atom. The fourth-order valence-electron chi connectivity index (χ4n) is 1.68. The van der Waals surface area contributed by atoms with Crippen LogP contribution in [0.4, 0.5) is 0 Å². The Balaban J connectivity index is 2.16. The highest BCUT2D eigenvalue weighted by Crippen LogP contribution is 2.14. The Morgan fingerprint density at radius 2 is 2.29 bits per heavy atom. The summed E-state index contributed by atoms with van der Waals surface area (Å²) in [5, 5.41) is 0. The molecule has 4 nitrogen and oxygen atoms in total. The number of aryl methyl sites for hydroxylation is 1. The van der Waals surface area contributed by atoms with Crippen LogP contribution in [0.15, 0.2) is 36.7 Å². The lowest BCUT2D eigenvalue weighted by Crippen LogP contribution is -2.10. The summed E-state index contributed by atoms with van der Waals surface area (Å²) in [5.41, 5.74) is 0.928. The maximum Gasteiger partial charge on any atom is 0.202 e. The van der Waals surface area contributed by atoms with Crippen molar-refractivity contribution >= 4 is 5.78 Å². The molecule has 4 heteroatoms. The molecule has 0 amide bonds. The number of rotatable bonds is 4. The molecule has 0 spiro atoms. The summed E-state index contributed by atoms with van der Waals surface area (Å²) in [7, 11) is 3.42. The Bertz CT molecular complexity index is 532. The lowest BCUT2D eigenvalue weighted by Gasteiger charge is -2.04. The number of methoxy groups -OCH3 is 1. The van der Waals surface area contributed by atoms with Crippen LogP contribution in [0.1, 0.15) is 16.2 Å². The molecule has 2 rings (SSSR count). The molecule has 0 aliphatic heterocycles. The van der Waals surface area contributed by atoms with Gasteiger partial charge in [-0.05, 0) is 17.7 Å². The number of imidazole rings is 1. The summed E-state index contributed by atoms with van der Waals surface area (Å²) in [6.45, 7) is 0. The number of ketones is 1. The van der Waals surface area contributed by atoms with E-state index in [0.717, 1.165) is 11.3 Å². The highest BCUT2D eigenvalue weighted by atomic mass is 16.5. The van der Waals surface area contributed by atoms with Crippen molar-refractivity contribution in [2.45, 2.75) is 6.42 Å². The fourth-order valence-corrected chi connectivity index (χ4v) is 1.68. The van der Waals surface area contributed by atoms with E-state index in [-0.39, 0.29) is 5.78 Å². The SMILES string of the molecule is COc1cccc(CC(=O)c2nccn2C)c1. The van der Waals surface area contributed by atoms with Crippen LogP contribution in [0.2, 0.25) is 0 Å². The van der Waals surface area contributed by atoms with E-state index < -0.39 is 0 Å². The van der Waals surface area contributed by atoms with Gasteiger partial charge in [-0.3, -0.25) is 4.79 Å². The first-order chi connectivity index (χ1) is 8.20. The highest BCUT2D eigenvalue weighted by molar-refractivity contribution is 5.94. The molecule has 1 heterocycles. The molecule has 0 N–H and O–H groups in total. The van der Waals surface area contributed by atoms with Crippen LogP contribution >= 0.6 is 0 Å². The highest BCUT2D eigenvalue weighted by Gasteiger charge is 2.11. The van der Waals surface area contributed by atoms with E-state index in [1.54, 1.807) is 24.1 Å². The number of hydrogen-bond donors (Lipinski definition) is 0. The maximum atomic E-state index is 12.0. The minimum atomic E-state index is 0.00533. The molecule has 0 atom stereocenters. The number of aromatic nitrogens is 2. The van der Waals surface area contributed by atoms with Gasteiger partial charge in [0.25, 0.3) is 0 Å². The van der Waals surface area contributed by atoms with Gasteiger partial charge >= 0.3 is 0 Å². The van der Waals surface area contributed by atoms with Gasteiger partial charge in [-0.2, -0.15) is 0 Å². The van der Waals surface area contributed by atoms with E-state index in [1.807, 2.05) is 31.3 Å². The molecule has 2 aromatic rings. The first-order valence-electron chi connectivity index (χ1n) is 5.34. The predicted octanol–water partition coefficient (Wildman–Crippen LogP) is 1.85. The molecule has 88 valence electrons. The van der Waals surface area contributed by atoms with Crippen LogP contribution in [0.25, 0.3) is 0 Å². The van der Waals surface area contributed by atoms with Gasteiger partial charge in [0.2, 0.25) is 5.78 Å². The van der Waals surface area contributed by atoms with E-state index in [4.69, 9.17) is 4.74 Å². The molecule has 0 aliphatic rings. The van der Waals surface area contributed by atoms with Crippen molar-refractivity contribution in [2.75, 3.05) is 7.11 Å². The number of carbonyl (C=O) groups excluding carboxylic acids is 1. The Labute approximate surface area is 99.9 Å². The smallest absolute Gasteiger partial charge is 0.202 e. The van der Waals surface area contributed by atoms with Gasteiger partial charge in [-0.1, -0.05) is 12.1 Å². The zero-order valence-electron chi connectivity index (χ0n) is 9.88. The monoisotopic (exact) mass is 230 g/mol. The van der Waals surface area contributed by atoms with Gasteiger partial charge in [0.05, 0.1) is 7.11 Å². The van der Waals surface area contributed by atoms with Gasteiger partial charge in [0.15, 0.2) is 5.82 Å². The zero-order chi connectivity index (χ0) is 12.3. The number of ether oxygens (including phenoxy) is 1. The van der Waals surface area contributed by atoms with Crippen LogP contribution in [-0.4, -0.2) is 22.4 Å². The van der Waals surface area contributed by atoms with Crippen molar-refractivity contribution in [3.8, 4) is 5.75 Å². The number of benzene rings is 1. The van der Waals surface area contributed by atoms with Crippen molar-refractivity contribution in [1.29, 1.82) is 0 Å². The van der Waals surface area contributed by atoms with Gasteiger partial charge in [0.1, 0.15) is 5.75 Å². The molecule has 0 saturated heterocycles. The van der Waals surface area contributed by atoms with Crippen LogP contribution in [0, 0.1) is 0 Å². The van der Waals surface area contributed by atoms with E-state index in [9.17, 15) is 4.79 Å². The summed E-state index contributed by atoms with van der Waals surface area (Å²) in [4.78, 5) is 16.0. The summed E-state index contributed by atoms with van der Waals surface area (Å²) in [6.07, 6.45) is 3.72. The van der Waals surface area contributed by atoms with Gasteiger partial charge in [0, 0.05) is 25.9 Å². The lowest BCUT2D eigenvalue weighted by atomic mass is 10.1. The molecule has 17 heavy (non-hydrogen) atoms. The Morgan fingerprint density at radius 3 is 2.94 bits per heavy atom. The molecular formula is C13H14N2O2. The number of Topliss-reactive ketones (excluding diaryl/α,β-unsaturated/α-hetero) is 1. The van der Waals surface area contributed by atoms with Crippen molar-refractivity contribution < 1.29 is 9.53 Å². The van der Waals surface area contributed by atoms with Crippen LogP contribution in [0.3, 0.4) is 0 Å². The van der Waals surface area contributed by atoms with E-state index in [0.29, 0.717) is 12.2 Å². The summed E-state index contributed by atoms with van der Waals surface area (Å²) < 4.78 is 6.84. The third-order valence-corrected chi connectivity index (χ3v) is 2.57. The van der Waals surface area contributed by atoms with Gasteiger partial charge in [-0.15, -0.1) is 0 Å². The van der Waals surface area contributed by atoms with Crippen LogP contribution < -0.4 is 4.74 Å². The maximum absolute atomic E-state index is 12.0. The number of carbonyl (C=O) groups is 1. The summed E-state index contributed by atoms with van der Waals surface area (Å²) in [6, 6.07) is 7.50. The fraction of sp³-hybridized carbons (Fsp3) is 0.231. The average molecular weight is 230 g/mol. The van der Waals surface area contributed by atoms with Crippen molar-refractivity contribution in [1.82, 2.24) is 9.55 Å². The third kappa shape index (κ3) is 2.53. The number of nitrogens with zero attached hydrogens (tertiary/aromatic N) is 2. The van der Waals surface area contributed by atoms with Crippen LogP contribution in [0.5, 0.6) is 5.75 Å². The Hall–Kier alpha value is -2.10. The first kappa shape index (κ1) is 11.4.